The second kappa shape index (κ2) is 7.59. The molecule has 5 N–H and O–H groups in total. The molecule has 0 radical (unpaired) electrons. The molecule has 1 aromatic rings. The molecule has 1 fully saturated rings. The number of amides is 1. The van der Waals surface area contributed by atoms with E-state index in [1.165, 1.54) is 0 Å². The molecule has 1 heterocycles. The molecule has 122 valence electrons. The highest BCUT2D eigenvalue weighted by molar-refractivity contribution is 6.42. The molecule has 4 atom stereocenters. The molecular formula is C14H18Cl2N2O4. The van der Waals surface area contributed by atoms with Crippen LogP contribution in [0.5, 0.6) is 0 Å². The Morgan fingerprint density at radius 2 is 1.86 bits per heavy atom. The fourth-order valence-corrected chi connectivity index (χ4v) is 2.73. The third-order valence-electron chi connectivity index (χ3n) is 3.67. The van der Waals surface area contributed by atoms with Crippen molar-refractivity contribution in [3.8, 4) is 0 Å². The van der Waals surface area contributed by atoms with Gasteiger partial charge in [0.1, 0.15) is 0 Å². The van der Waals surface area contributed by atoms with Gasteiger partial charge in [0, 0.05) is 6.54 Å². The van der Waals surface area contributed by atoms with Gasteiger partial charge in [-0.15, -0.1) is 0 Å². The van der Waals surface area contributed by atoms with Gasteiger partial charge in [-0.2, -0.15) is 0 Å². The molecule has 8 heteroatoms. The van der Waals surface area contributed by atoms with Crippen molar-refractivity contribution in [3.05, 3.63) is 33.8 Å². The Bertz CT molecular complexity index is 544. The van der Waals surface area contributed by atoms with E-state index in [1.807, 2.05) is 0 Å². The molecule has 6 nitrogen and oxygen atoms in total. The first-order chi connectivity index (χ1) is 10.4. The van der Waals surface area contributed by atoms with Gasteiger partial charge in [0.2, 0.25) is 5.91 Å². The van der Waals surface area contributed by atoms with E-state index in [1.54, 1.807) is 18.2 Å². The van der Waals surface area contributed by atoms with E-state index in [-0.39, 0.29) is 25.5 Å². The van der Waals surface area contributed by atoms with Crippen LogP contribution in [0.15, 0.2) is 18.2 Å². The fourth-order valence-electron chi connectivity index (χ4n) is 2.41. The predicted octanol–water partition coefficient (Wildman–Crippen LogP) is -0.293. The number of rotatable bonds is 5. The molecule has 1 aliphatic heterocycles. The minimum atomic E-state index is -1.05. The van der Waals surface area contributed by atoms with Gasteiger partial charge < -0.3 is 26.0 Å². The third-order valence-corrected chi connectivity index (χ3v) is 4.41. The summed E-state index contributed by atoms with van der Waals surface area (Å²) in [6.07, 6.45) is -1.96. The van der Waals surface area contributed by atoms with Gasteiger partial charge in [-0.05, 0) is 17.7 Å². The van der Waals surface area contributed by atoms with Crippen molar-refractivity contribution >= 4 is 29.1 Å². The molecule has 0 bridgehead atoms. The Labute approximate surface area is 138 Å². The third kappa shape index (κ3) is 4.10. The quantitative estimate of drug-likeness (QED) is 0.503. The lowest BCUT2D eigenvalue weighted by Crippen LogP contribution is -2.44. The van der Waals surface area contributed by atoms with Gasteiger partial charge >= 0.3 is 0 Å². The molecule has 1 aromatic carbocycles. The van der Waals surface area contributed by atoms with E-state index in [9.17, 15) is 15.0 Å². The van der Waals surface area contributed by atoms with Crippen molar-refractivity contribution in [2.75, 3.05) is 13.2 Å². The number of carbonyl (C=O) groups excluding carboxylic acids is 1. The van der Waals surface area contributed by atoms with Gasteiger partial charge in [-0.3, -0.25) is 4.79 Å². The molecule has 0 unspecified atom stereocenters. The van der Waals surface area contributed by atoms with Crippen molar-refractivity contribution in [1.29, 1.82) is 0 Å². The molecule has 1 aliphatic rings. The smallest absolute Gasteiger partial charge is 0.224 e. The van der Waals surface area contributed by atoms with Gasteiger partial charge in [-0.1, -0.05) is 29.3 Å². The number of nitrogens with one attached hydrogen (secondary N) is 2. The van der Waals surface area contributed by atoms with Crippen molar-refractivity contribution in [2.45, 2.75) is 30.7 Å². The molecule has 2 rings (SSSR count). The fraction of sp³-hybridized carbons (Fsp3) is 0.500. The largest absolute Gasteiger partial charge is 0.395 e. The van der Waals surface area contributed by atoms with E-state index in [4.69, 9.17) is 28.3 Å². The molecular weight excluding hydrogens is 331 g/mol. The van der Waals surface area contributed by atoms with E-state index < -0.39 is 24.3 Å². The highest BCUT2D eigenvalue weighted by Gasteiger charge is 2.40. The number of aliphatic hydroxyl groups is 3. The zero-order chi connectivity index (χ0) is 16.3. The maximum Gasteiger partial charge on any atom is 0.224 e. The van der Waals surface area contributed by atoms with Gasteiger partial charge in [0.25, 0.3) is 0 Å². The van der Waals surface area contributed by atoms with Crippen molar-refractivity contribution in [3.63, 3.8) is 0 Å². The highest BCUT2D eigenvalue weighted by atomic mass is 35.5. The summed E-state index contributed by atoms with van der Waals surface area (Å²) in [6, 6.07) is 3.85. The lowest BCUT2D eigenvalue weighted by atomic mass is 10.1. The molecule has 0 aliphatic carbocycles. The van der Waals surface area contributed by atoms with Crippen LogP contribution in [-0.4, -0.2) is 58.7 Å². The summed E-state index contributed by atoms with van der Waals surface area (Å²) in [7, 11) is 0. The summed E-state index contributed by atoms with van der Waals surface area (Å²) in [6.45, 7) is -0.138. The van der Waals surface area contributed by atoms with Crippen LogP contribution in [0.25, 0.3) is 0 Å². The van der Waals surface area contributed by atoms with Gasteiger partial charge in [0.15, 0.2) is 0 Å². The average Bonchev–Trinajstić information content (AvgIpc) is 2.76. The lowest BCUT2D eigenvalue weighted by molar-refractivity contribution is -0.120. The maximum atomic E-state index is 11.9. The van der Waals surface area contributed by atoms with Crippen LogP contribution in [0.2, 0.25) is 10.0 Å². The minimum Gasteiger partial charge on any atom is -0.395 e. The number of hydrogen-bond donors (Lipinski definition) is 5. The summed E-state index contributed by atoms with van der Waals surface area (Å²) in [5.41, 5.74) is 0.722. The van der Waals surface area contributed by atoms with Crippen LogP contribution in [0.3, 0.4) is 0 Å². The maximum absolute atomic E-state index is 11.9. The first kappa shape index (κ1) is 17.5. The monoisotopic (exact) mass is 348 g/mol. The minimum absolute atomic E-state index is 0.131. The van der Waals surface area contributed by atoms with E-state index in [0.717, 1.165) is 5.56 Å². The van der Waals surface area contributed by atoms with E-state index in [2.05, 4.69) is 10.6 Å². The Balaban J connectivity index is 1.84. The first-order valence-electron chi connectivity index (χ1n) is 6.86. The Kier molecular flexibility index (Phi) is 6.02. The second-order valence-corrected chi connectivity index (χ2v) is 6.09. The zero-order valence-corrected chi connectivity index (χ0v) is 13.2. The lowest BCUT2D eigenvalue weighted by Gasteiger charge is -2.16. The van der Waals surface area contributed by atoms with E-state index >= 15 is 0 Å². The summed E-state index contributed by atoms with van der Waals surface area (Å²) >= 11 is 11.7. The summed E-state index contributed by atoms with van der Waals surface area (Å²) in [5, 5.41) is 34.9. The molecule has 1 amide bonds. The van der Waals surface area contributed by atoms with Crippen molar-refractivity contribution in [2.24, 2.45) is 0 Å². The van der Waals surface area contributed by atoms with Gasteiger partial charge in [0.05, 0.1) is 47.4 Å². The van der Waals surface area contributed by atoms with Crippen molar-refractivity contribution < 1.29 is 20.1 Å². The van der Waals surface area contributed by atoms with Crippen molar-refractivity contribution in [1.82, 2.24) is 10.6 Å². The molecule has 0 saturated carbocycles. The number of carbonyl (C=O) groups is 1. The summed E-state index contributed by atoms with van der Waals surface area (Å²) < 4.78 is 0. The molecule has 22 heavy (non-hydrogen) atoms. The summed E-state index contributed by atoms with van der Waals surface area (Å²) in [5.74, 6) is -0.241. The van der Waals surface area contributed by atoms with Crippen LogP contribution in [0.4, 0.5) is 0 Å². The normalized spacial score (nSPS) is 27.9. The van der Waals surface area contributed by atoms with Crippen LogP contribution in [0.1, 0.15) is 5.56 Å². The molecule has 1 saturated heterocycles. The Hall–Kier alpha value is -0.890. The van der Waals surface area contributed by atoms with Crippen LogP contribution in [-0.2, 0) is 11.2 Å². The topological polar surface area (TPSA) is 102 Å². The number of halogens is 2. The highest BCUT2D eigenvalue weighted by Crippen LogP contribution is 2.22. The number of benzene rings is 1. The zero-order valence-electron chi connectivity index (χ0n) is 11.7. The SMILES string of the molecule is O=C(Cc1ccc(Cl)c(Cl)c1)NC[C@H]1N[C@H](CO)[C@H](O)[C@@H]1O. The predicted molar refractivity (Wildman–Crippen MR) is 83.0 cm³/mol. The number of hydrogen-bond acceptors (Lipinski definition) is 5. The Morgan fingerprint density at radius 1 is 1.18 bits per heavy atom. The molecule has 0 aromatic heterocycles. The second-order valence-electron chi connectivity index (χ2n) is 5.27. The van der Waals surface area contributed by atoms with Crippen LogP contribution in [0, 0.1) is 0 Å². The van der Waals surface area contributed by atoms with E-state index in [0.29, 0.717) is 10.0 Å². The number of aliphatic hydroxyl groups excluding tert-OH is 3. The van der Waals surface area contributed by atoms with Crippen LogP contribution < -0.4 is 10.6 Å². The Morgan fingerprint density at radius 3 is 2.45 bits per heavy atom. The van der Waals surface area contributed by atoms with Crippen LogP contribution >= 0.6 is 23.2 Å². The standard InChI is InChI=1S/C14H18Cl2N2O4/c15-8-2-1-7(3-9(8)16)4-12(20)17-5-10-13(21)14(22)11(6-19)18-10/h1-3,10-11,13-14,18-19,21-22H,4-6H2,(H,17,20)/t10-,11-,13-,14+/m1/s1. The summed E-state index contributed by atoms with van der Waals surface area (Å²) in [4.78, 5) is 11.9. The molecule has 0 spiro atoms. The average molecular weight is 349 g/mol. The first-order valence-corrected chi connectivity index (χ1v) is 7.61. The van der Waals surface area contributed by atoms with Gasteiger partial charge in [-0.25, -0.2) is 0 Å².